The monoisotopic (exact) mass is 291 g/mol. The van der Waals surface area contributed by atoms with Crippen LogP contribution in [0.2, 0.25) is 5.02 Å². The molecular weight excluding hydrogens is 277 g/mol. The first-order chi connectivity index (χ1) is 8.38. The minimum atomic E-state index is -3.07. The van der Waals surface area contributed by atoms with E-state index in [-0.39, 0.29) is 11.1 Å². The predicted molar refractivity (Wildman–Crippen MR) is 71.3 cm³/mol. The summed E-state index contributed by atoms with van der Waals surface area (Å²) in [5.41, 5.74) is 0.567. The molecule has 3 nitrogen and oxygen atoms in total. The van der Waals surface area contributed by atoms with Crippen LogP contribution in [-0.4, -0.2) is 26.0 Å². The molecule has 1 fully saturated rings. The second-order valence-electron chi connectivity index (χ2n) is 4.68. The molecule has 0 heterocycles. The molecule has 1 aliphatic carbocycles. The summed E-state index contributed by atoms with van der Waals surface area (Å²) >= 11 is 5.60. The molecule has 6 heteroatoms. The van der Waals surface area contributed by atoms with E-state index in [1.165, 1.54) is 18.4 Å². The number of sulfone groups is 1. The van der Waals surface area contributed by atoms with Crippen LogP contribution in [0.1, 0.15) is 19.3 Å². The van der Waals surface area contributed by atoms with Crippen molar-refractivity contribution in [3.63, 3.8) is 0 Å². The number of benzene rings is 1. The van der Waals surface area contributed by atoms with Crippen LogP contribution in [0.3, 0.4) is 0 Å². The number of hydrogen-bond acceptors (Lipinski definition) is 3. The number of rotatable bonds is 3. The van der Waals surface area contributed by atoms with E-state index < -0.39 is 20.9 Å². The first kappa shape index (κ1) is 13.6. The molecule has 1 aliphatic rings. The molecule has 0 aromatic heterocycles. The van der Waals surface area contributed by atoms with Crippen molar-refractivity contribution in [3.8, 4) is 0 Å². The van der Waals surface area contributed by atoms with Gasteiger partial charge in [0.25, 0.3) is 0 Å². The molecular formula is C12H15ClFNO2S. The van der Waals surface area contributed by atoms with Crippen molar-refractivity contribution in [1.29, 1.82) is 0 Å². The second-order valence-corrected chi connectivity index (χ2v) is 7.35. The Morgan fingerprint density at radius 3 is 2.72 bits per heavy atom. The molecule has 2 unspecified atom stereocenters. The third kappa shape index (κ3) is 2.95. The van der Waals surface area contributed by atoms with E-state index in [0.717, 1.165) is 12.8 Å². The molecule has 0 saturated heterocycles. The van der Waals surface area contributed by atoms with E-state index in [1.54, 1.807) is 6.07 Å². The zero-order chi connectivity index (χ0) is 13.3. The number of nitrogens with one attached hydrogen (secondary N) is 1. The highest BCUT2D eigenvalue weighted by atomic mass is 35.5. The van der Waals surface area contributed by atoms with Crippen molar-refractivity contribution in [3.05, 3.63) is 29.0 Å². The van der Waals surface area contributed by atoms with E-state index in [1.807, 2.05) is 0 Å². The zero-order valence-corrected chi connectivity index (χ0v) is 11.6. The van der Waals surface area contributed by atoms with E-state index in [2.05, 4.69) is 5.32 Å². The van der Waals surface area contributed by atoms with Gasteiger partial charge < -0.3 is 5.32 Å². The maximum absolute atomic E-state index is 13.3. The Balaban J connectivity index is 2.16. The van der Waals surface area contributed by atoms with Crippen LogP contribution in [0.15, 0.2) is 18.2 Å². The molecule has 1 N–H and O–H groups in total. The molecule has 0 spiro atoms. The Hall–Kier alpha value is -0.810. The fourth-order valence-electron chi connectivity index (χ4n) is 2.40. The highest BCUT2D eigenvalue weighted by Gasteiger charge is 2.34. The summed E-state index contributed by atoms with van der Waals surface area (Å²) in [4.78, 5) is 0. The third-order valence-corrected chi connectivity index (χ3v) is 5.24. The zero-order valence-electron chi connectivity index (χ0n) is 9.99. The molecule has 1 aromatic carbocycles. The minimum absolute atomic E-state index is 0.0617. The van der Waals surface area contributed by atoms with Crippen molar-refractivity contribution in [2.75, 3.05) is 11.6 Å². The minimum Gasteiger partial charge on any atom is -0.381 e. The Kier molecular flexibility index (Phi) is 3.82. The highest BCUT2D eigenvalue weighted by molar-refractivity contribution is 7.91. The van der Waals surface area contributed by atoms with Gasteiger partial charge in [-0.05, 0) is 37.5 Å². The van der Waals surface area contributed by atoms with Gasteiger partial charge in [-0.15, -0.1) is 0 Å². The topological polar surface area (TPSA) is 46.2 Å². The largest absolute Gasteiger partial charge is 0.381 e. The Morgan fingerprint density at radius 2 is 2.11 bits per heavy atom. The maximum Gasteiger partial charge on any atom is 0.152 e. The Bertz CT molecular complexity index is 547. The Labute approximate surface area is 111 Å². The van der Waals surface area contributed by atoms with Crippen LogP contribution in [0.4, 0.5) is 10.1 Å². The van der Waals surface area contributed by atoms with Gasteiger partial charge in [0, 0.05) is 18.0 Å². The van der Waals surface area contributed by atoms with Crippen molar-refractivity contribution in [1.82, 2.24) is 0 Å². The SMILES string of the molecule is CS(=O)(=O)C1CCCC1Nc1ccc(Cl)c(F)c1. The summed E-state index contributed by atoms with van der Waals surface area (Å²) in [6, 6.07) is 4.26. The maximum atomic E-state index is 13.3. The molecule has 100 valence electrons. The smallest absolute Gasteiger partial charge is 0.152 e. The standard InChI is InChI=1S/C12H15ClFNO2S/c1-18(16,17)12-4-2-3-11(12)15-8-5-6-9(13)10(14)7-8/h5-7,11-12,15H,2-4H2,1H3. The molecule has 2 rings (SSSR count). The molecule has 0 amide bonds. The average Bonchev–Trinajstić information content (AvgIpc) is 2.71. The summed E-state index contributed by atoms with van der Waals surface area (Å²) in [5, 5.41) is 2.76. The normalized spacial score (nSPS) is 24.2. The summed E-state index contributed by atoms with van der Waals surface area (Å²) in [7, 11) is -3.07. The number of hydrogen-bond donors (Lipinski definition) is 1. The van der Waals surface area contributed by atoms with Crippen LogP contribution in [0.25, 0.3) is 0 Å². The van der Waals surface area contributed by atoms with Gasteiger partial charge in [-0.1, -0.05) is 11.6 Å². The summed E-state index contributed by atoms with van der Waals surface area (Å²) in [6.45, 7) is 0. The predicted octanol–water partition coefficient (Wildman–Crippen LogP) is 2.86. The van der Waals surface area contributed by atoms with Crippen molar-refractivity contribution < 1.29 is 12.8 Å². The van der Waals surface area contributed by atoms with Gasteiger partial charge in [-0.25, -0.2) is 12.8 Å². The van der Waals surface area contributed by atoms with Crippen LogP contribution < -0.4 is 5.32 Å². The first-order valence-corrected chi connectivity index (χ1v) is 8.11. The highest BCUT2D eigenvalue weighted by Crippen LogP contribution is 2.29. The van der Waals surface area contributed by atoms with Gasteiger partial charge in [0.2, 0.25) is 0 Å². The van der Waals surface area contributed by atoms with E-state index in [9.17, 15) is 12.8 Å². The molecule has 0 radical (unpaired) electrons. The summed E-state index contributed by atoms with van der Waals surface area (Å²) in [5.74, 6) is -0.504. The van der Waals surface area contributed by atoms with Gasteiger partial charge >= 0.3 is 0 Å². The molecule has 18 heavy (non-hydrogen) atoms. The molecule has 0 bridgehead atoms. The third-order valence-electron chi connectivity index (χ3n) is 3.27. The van der Waals surface area contributed by atoms with Crippen molar-refractivity contribution in [2.24, 2.45) is 0 Å². The van der Waals surface area contributed by atoms with Crippen LogP contribution in [-0.2, 0) is 9.84 Å². The van der Waals surface area contributed by atoms with Crippen LogP contribution in [0.5, 0.6) is 0 Å². The molecule has 1 saturated carbocycles. The van der Waals surface area contributed by atoms with E-state index in [0.29, 0.717) is 12.1 Å². The lowest BCUT2D eigenvalue weighted by Gasteiger charge is -2.20. The fraction of sp³-hybridized carbons (Fsp3) is 0.500. The quantitative estimate of drug-likeness (QED) is 0.931. The van der Waals surface area contributed by atoms with Gasteiger partial charge in [0.1, 0.15) is 5.82 Å². The molecule has 0 aliphatic heterocycles. The molecule has 1 aromatic rings. The lowest BCUT2D eigenvalue weighted by molar-refractivity contribution is 0.579. The van der Waals surface area contributed by atoms with Gasteiger partial charge in [0.05, 0.1) is 10.3 Å². The van der Waals surface area contributed by atoms with Gasteiger partial charge in [-0.3, -0.25) is 0 Å². The van der Waals surface area contributed by atoms with Gasteiger partial charge in [-0.2, -0.15) is 0 Å². The number of anilines is 1. The molecule has 2 atom stereocenters. The summed E-state index contributed by atoms with van der Waals surface area (Å²) in [6.07, 6.45) is 3.56. The lowest BCUT2D eigenvalue weighted by atomic mass is 10.2. The van der Waals surface area contributed by atoms with E-state index in [4.69, 9.17) is 11.6 Å². The van der Waals surface area contributed by atoms with Crippen molar-refractivity contribution >= 4 is 27.1 Å². The average molecular weight is 292 g/mol. The fourth-order valence-corrected chi connectivity index (χ4v) is 3.92. The van der Waals surface area contributed by atoms with Crippen LogP contribution in [0, 0.1) is 5.82 Å². The Morgan fingerprint density at radius 1 is 1.39 bits per heavy atom. The van der Waals surface area contributed by atoms with Crippen LogP contribution >= 0.6 is 11.6 Å². The number of halogens is 2. The van der Waals surface area contributed by atoms with Crippen molar-refractivity contribution in [2.45, 2.75) is 30.6 Å². The summed E-state index contributed by atoms with van der Waals surface area (Å²) < 4.78 is 36.5. The first-order valence-electron chi connectivity index (χ1n) is 5.78. The van der Waals surface area contributed by atoms with Gasteiger partial charge in [0.15, 0.2) is 9.84 Å². The second kappa shape index (κ2) is 5.05. The lowest BCUT2D eigenvalue weighted by Crippen LogP contribution is -2.34. The van der Waals surface area contributed by atoms with E-state index >= 15 is 0 Å².